The number of hydrogen-bond acceptors (Lipinski definition) is 4. The first-order chi connectivity index (χ1) is 7.82. The zero-order chi connectivity index (χ0) is 13.2. The topological polar surface area (TPSA) is 59.2 Å². The number of hydrogen-bond donors (Lipinski definition) is 1. The highest BCUT2D eigenvalue weighted by Crippen LogP contribution is 2.20. The molecule has 0 radical (unpaired) electrons. The number of nitrogens with zero attached hydrogens (tertiary/aromatic N) is 2. The van der Waals surface area contributed by atoms with E-state index < -0.39 is 0 Å². The molecule has 17 heavy (non-hydrogen) atoms. The molecule has 0 fully saturated rings. The van der Waals surface area contributed by atoms with Crippen LogP contribution in [-0.2, 0) is 0 Å². The van der Waals surface area contributed by atoms with Crippen LogP contribution in [0.2, 0.25) is 0 Å². The van der Waals surface area contributed by atoms with Gasteiger partial charge < -0.3 is 10.6 Å². The molecule has 0 spiro atoms. The van der Waals surface area contributed by atoms with E-state index in [0.717, 1.165) is 10.7 Å². The van der Waals surface area contributed by atoms with Crippen molar-refractivity contribution in [3.05, 3.63) is 15.6 Å². The minimum absolute atomic E-state index is 0.0455. The van der Waals surface area contributed by atoms with Gasteiger partial charge in [0.15, 0.2) is 0 Å². The van der Waals surface area contributed by atoms with E-state index in [1.807, 2.05) is 27.7 Å². The maximum Gasteiger partial charge on any atom is 0.266 e. The summed E-state index contributed by atoms with van der Waals surface area (Å²) in [7, 11) is 0. The van der Waals surface area contributed by atoms with Crippen molar-refractivity contribution in [2.24, 2.45) is 5.73 Å². The zero-order valence-electron chi connectivity index (χ0n) is 10.5. The summed E-state index contributed by atoms with van der Waals surface area (Å²) in [5.41, 5.74) is 6.29. The molecule has 6 heteroatoms. The van der Waals surface area contributed by atoms with E-state index in [2.05, 4.69) is 4.98 Å². The SMILES string of the molecule is Cc1nc(C)c(C(=O)N(CC(N)=S)C(C)C)s1. The van der Waals surface area contributed by atoms with E-state index in [0.29, 0.717) is 16.4 Å². The van der Waals surface area contributed by atoms with Crippen LogP contribution in [-0.4, -0.2) is 33.4 Å². The zero-order valence-corrected chi connectivity index (χ0v) is 12.1. The van der Waals surface area contributed by atoms with Crippen molar-refractivity contribution >= 4 is 34.5 Å². The Morgan fingerprint density at radius 2 is 2.12 bits per heavy atom. The summed E-state index contributed by atoms with van der Waals surface area (Å²) in [5.74, 6) is -0.0455. The van der Waals surface area contributed by atoms with Crippen LogP contribution in [0.1, 0.15) is 34.2 Å². The fraction of sp³-hybridized carbons (Fsp3) is 0.545. The van der Waals surface area contributed by atoms with Gasteiger partial charge in [0.05, 0.1) is 22.2 Å². The van der Waals surface area contributed by atoms with Gasteiger partial charge in [-0.3, -0.25) is 4.79 Å². The molecule has 0 aliphatic carbocycles. The van der Waals surface area contributed by atoms with Crippen molar-refractivity contribution < 1.29 is 4.79 Å². The molecule has 0 aliphatic heterocycles. The summed E-state index contributed by atoms with van der Waals surface area (Å²) >= 11 is 6.28. The molecule has 0 aromatic carbocycles. The van der Waals surface area contributed by atoms with Crippen molar-refractivity contribution in [2.45, 2.75) is 33.7 Å². The average molecular weight is 271 g/mol. The van der Waals surface area contributed by atoms with E-state index in [4.69, 9.17) is 18.0 Å². The molecule has 1 aromatic rings. The smallest absolute Gasteiger partial charge is 0.266 e. The molecule has 0 saturated carbocycles. The molecule has 0 aliphatic rings. The summed E-state index contributed by atoms with van der Waals surface area (Å²) in [6, 6.07) is 0.0609. The lowest BCUT2D eigenvalue weighted by Gasteiger charge is -2.25. The highest BCUT2D eigenvalue weighted by Gasteiger charge is 2.23. The molecular formula is C11H17N3OS2. The van der Waals surface area contributed by atoms with Crippen molar-refractivity contribution in [2.75, 3.05) is 6.54 Å². The molecule has 1 rings (SSSR count). The Hall–Kier alpha value is -1.01. The Balaban J connectivity index is 2.99. The second-order valence-electron chi connectivity index (χ2n) is 4.14. The highest BCUT2D eigenvalue weighted by molar-refractivity contribution is 7.80. The lowest BCUT2D eigenvalue weighted by Crippen LogP contribution is -2.42. The van der Waals surface area contributed by atoms with E-state index in [1.54, 1.807) is 4.90 Å². The summed E-state index contributed by atoms with van der Waals surface area (Å²) < 4.78 is 0. The van der Waals surface area contributed by atoms with Crippen LogP contribution in [0.4, 0.5) is 0 Å². The molecule has 94 valence electrons. The highest BCUT2D eigenvalue weighted by atomic mass is 32.1. The number of aryl methyl sites for hydroxylation is 2. The van der Waals surface area contributed by atoms with Crippen LogP contribution in [0.3, 0.4) is 0 Å². The van der Waals surface area contributed by atoms with Crippen LogP contribution >= 0.6 is 23.6 Å². The molecule has 0 bridgehead atoms. The third kappa shape index (κ3) is 3.47. The summed E-state index contributed by atoms with van der Waals surface area (Å²) in [6.45, 7) is 7.93. The molecule has 1 amide bonds. The maximum atomic E-state index is 12.3. The number of carbonyl (C=O) groups excluding carboxylic acids is 1. The van der Waals surface area contributed by atoms with E-state index in [9.17, 15) is 4.79 Å². The first-order valence-corrected chi connectivity index (χ1v) is 6.58. The lowest BCUT2D eigenvalue weighted by atomic mass is 10.2. The summed E-state index contributed by atoms with van der Waals surface area (Å²) in [4.78, 5) is 19.3. The monoisotopic (exact) mass is 271 g/mol. The first-order valence-electron chi connectivity index (χ1n) is 5.36. The van der Waals surface area contributed by atoms with Crippen molar-refractivity contribution in [1.29, 1.82) is 0 Å². The van der Waals surface area contributed by atoms with Gasteiger partial charge in [0.25, 0.3) is 5.91 Å². The van der Waals surface area contributed by atoms with Gasteiger partial charge in [-0.2, -0.15) is 0 Å². The Labute approximate surface area is 111 Å². The lowest BCUT2D eigenvalue weighted by molar-refractivity contribution is 0.0740. The van der Waals surface area contributed by atoms with Crippen LogP contribution < -0.4 is 5.73 Å². The summed E-state index contributed by atoms with van der Waals surface area (Å²) in [5, 5.41) is 0.893. The number of thiocarbonyl (C=S) groups is 1. The maximum absolute atomic E-state index is 12.3. The van der Waals surface area contributed by atoms with Gasteiger partial charge in [0.2, 0.25) is 0 Å². The Morgan fingerprint density at radius 3 is 2.47 bits per heavy atom. The third-order valence-corrected chi connectivity index (χ3v) is 3.50. The fourth-order valence-electron chi connectivity index (χ4n) is 1.52. The van der Waals surface area contributed by atoms with Gasteiger partial charge in [0.1, 0.15) is 4.88 Å². The third-order valence-electron chi connectivity index (χ3n) is 2.31. The van der Waals surface area contributed by atoms with Crippen molar-refractivity contribution in [3.8, 4) is 0 Å². The van der Waals surface area contributed by atoms with Gasteiger partial charge in [-0.1, -0.05) is 12.2 Å². The largest absolute Gasteiger partial charge is 0.392 e. The molecule has 0 saturated heterocycles. The first kappa shape index (κ1) is 14.1. The molecule has 1 heterocycles. The van der Waals surface area contributed by atoms with Gasteiger partial charge in [-0.15, -0.1) is 11.3 Å². The standard InChI is InChI=1S/C11H17N3OS2/c1-6(2)14(5-9(12)16)11(15)10-7(3)13-8(4)17-10/h6H,5H2,1-4H3,(H2,12,16). The quantitative estimate of drug-likeness (QED) is 0.850. The van der Waals surface area contributed by atoms with E-state index >= 15 is 0 Å². The number of carbonyl (C=O) groups is 1. The predicted molar refractivity (Wildman–Crippen MR) is 74.5 cm³/mol. The second-order valence-corrected chi connectivity index (χ2v) is 5.87. The fourth-order valence-corrected chi connectivity index (χ4v) is 2.53. The normalized spacial score (nSPS) is 10.6. The van der Waals surface area contributed by atoms with Crippen molar-refractivity contribution in [3.63, 3.8) is 0 Å². The minimum atomic E-state index is -0.0455. The number of nitrogens with two attached hydrogens (primary N) is 1. The number of thiazole rings is 1. The average Bonchev–Trinajstić information content (AvgIpc) is 2.52. The van der Waals surface area contributed by atoms with Crippen LogP contribution in [0, 0.1) is 13.8 Å². The van der Waals surface area contributed by atoms with E-state index in [-0.39, 0.29) is 11.9 Å². The molecule has 2 N–H and O–H groups in total. The number of rotatable bonds is 4. The van der Waals surface area contributed by atoms with Gasteiger partial charge in [-0.05, 0) is 27.7 Å². The van der Waals surface area contributed by atoms with Gasteiger partial charge in [0, 0.05) is 6.04 Å². The predicted octanol–water partition coefficient (Wildman–Crippen LogP) is 1.90. The van der Waals surface area contributed by atoms with E-state index in [1.165, 1.54) is 11.3 Å². The Bertz CT molecular complexity index is 440. The number of aromatic nitrogens is 1. The molecule has 4 nitrogen and oxygen atoms in total. The molecule has 0 unspecified atom stereocenters. The van der Waals surface area contributed by atoms with Crippen LogP contribution in [0.5, 0.6) is 0 Å². The Kier molecular flexibility index (Phi) is 4.59. The van der Waals surface area contributed by atoms with Gasteiger partial charge in [-0.25, -0.2) is 4.98 Å². The van der Waals surface area contributed by atoms with Gasteiger partial charge >= 0.3 is 0 Å². The van der Waals surface area contributed by atoms with Crippen LogP contribution in [0.15, 0.2) is 0 Å². The summed E-state index contributed by atoms with van der Waals surface area (Å²) in [6.07, 6.45) is 0. The Morgan fingerprint density at radius 1 is 1.53 bits per heavy atom. The molecule has 0 atom stereocenters. The molecule has 1 aromatic heterocycles. The second kappa shape index (κ2) is 5.55. The van der Waals surface area contributed by atoms with Crippen molar-refractivity contribution in [1.82, 2.24) is 9.88 Å². The minimum Gasteiger partial charge on any atom is -0.392 e. The van der Waals surface area contributed by atoms with Crippen LogP contribution in [0.25, 0.3) is 0 Å². The number of amides is 1. The molecular weight excluding hydrogens is 254 g/mol.